The molecule has 6 heteroatoms. The Morgan fingerprint density at radius 3 is 2.88 bits per heavy atom. The lowest BCUT2D eigenvalue weighted by atomic mass is 10.1. The van der Waals surface area contributed by atoms with Crippen LogP contribution in [0, 0.1) is 11.6 Å². The first-order valence-corrected chi connectivity index (χ1v) is 5.37. The summed E-state index contributed by atoms with van der Waals surface area (Å²) in [4.78, 5) is 0.635. The minimum atomic E-state index is -0.912. The lowest BCUT2D eigenvalue weighted by Gasteiger charge is -2.01. The summed E-state index contributed by atoms with van der Waals surface area (Å²) in [5.74, 6) is -1.80. The Labute approximate surface area is 92.7 Å². The number of thiophene rings is 1. The van der Waals surface area contributed by atoms with Crippen LogP contribution in [-0.2, 0) is 0 Å². The summed E-state index contributed by atoms with van der Waals surface area (Å²) in [6.07, 6.45) is 0. The minimum absolute atomic E-state index is 0.166. The molecule has 0 spiro atoms. The van der Waals surface area contributed by atoms with Crippen molar-refractivity contribution in [3.8, 4) is 10.4 Å². The van der Waals surface area contributed by atoms with Crippen molar-refractivity contribution >= 4 is 22.4 Å². The highest BCUT2D eigenvalue weighted by Gasteiger charge is 2.18. The van der Waals surface area contributed by atoms with E-state index in [1.807, 2.05) is 0 Å². The van der Waals surface area contributed by atoms with E-state index in [1.54, 1.807) is 17.5 Å². The molecule has 0 saturated carbocycles. The highest BCUT2D eigenvalue weighted by molar-refractivity contribution is 7.13. The third-order valence-electron chi connectivity index (χ3n) is 2.27. The zero-order valence-electron chi connectivity index (χ0n) is 7.87. The zero-order valence-corrected chi connectivity index (χ0v) is 8.68. The summed E-state index contributed by atoms with van der Waals surface area (Å²) in [5, 5.41) is 11.8. The van der Waals surface area contributed by atoms with Crippen molar-refractivity contribution in [1.29, 1.82) is 0 Å². The van der Waals surface area contributed by atoms with E-state index in [0.717, 1.165) is 6.07 Å². The number of aromatic nitrogens is 3. The van der Waals surface area contributed by atoms with Crippen LogP contribution < -0.4 is 0 Å². The number of rotatable bonds is 1. The van der Waals surface area contributed by atoms with Crippen LogP contribution in [0.25, 0.3) is 21.5 Å². The van der Waals surface area contributed by atoms with E-state index < -0.39 is 11.6 Å². The maximum atomic E-state index is 13.7. The Morgan fingerprint density at radius 2 is 2.12 bits per heavy atom. The maximum Gasteiger partial charge on any atom is 0.169 e. The van der Waals surface area contributed by atoms with Crippen LogP contribution in [0.2, 0.25) is 0 Å². The van der Waals surface area contributed by atoms with Gasteiger partial charge in [-0.3, -0.25) is 0 Å². The monoisotopic (exact) mass is 237 g/mol. The van der Waals surface area contributed by atoms with Crippen LogP contribution in [0.5, 0.6) is 0 Å². The molecular weight excluding hydrogens is 232 g/mol. The molecule has 0 aliphatic rings. The molecule has 16 heavy (non-hydrogen) atoms. The van der Waals surface area contributed by atoms with Crippen LogP contribution >= 0.6 is 11.3 Å². The van der Waals surface area contributed by atoms with Gasteiger partial charge in [0.25, 0.3) is 0 Å². The number of nitrogens with one attached hydrogen (secondary N) is 1. The van der Waals surface area contributed by atoms with E-state index in [1.165, 1.54) is 11.3 Å². The summed E-state index contributed by atoms with van der Waals surface area (Å²) in [6, 6.07) is 4.53. The molecule has 0 aliphatic heterocycles. The summed E-state index contributed by atoms with van der Waals surface area (Å²) in [7, 11) is 0. The number of hydrogen-bond acceptors (Lipinski definition) is 3. The molecule has 0 atom stereocenters. The van der Waals surface area contributed by atoms with Crippen molar-refractivity contribution in [1.82, 2.24) is 15.4 Å². The number of nitrogens with zero attached hydrogens (tertiary/aromatic N) is 2. The van der Waals surface area contributed by atoms with Crippen molar-refractivity contribution < 1.29 is 8.78 Å². The largest absolute Gasteiger partial charge is 0.204 e. The molecule has 3 aromatic rings. The fraction of sp³-hybridized carbons (Fsp3) is 0. The second-order valence-corrected chi connectivity index (χ2v) is 4.16. The summed E-state index contributed by atoms with van der Waals surface area (Å²) < 4.78 is 27.0. The van der Waals surface area contributed by atoms with E-state index in [0.29, 0.717) is 15.9 Å². The van der Waals surface area contributed by atoms with Gasteiger partial charge in [0, 0.05) is 10.9 Å². The number of fused-ring (bicyclic) bond motifs is 1. The summed E-state index contributed by atoms with van der Waals surface area (Å²) in [6.45, 7) is 0. The van der Waals surface area contributed by atoms with Gasteiger partial charge in [0.2, 0.25) is 0 Å². The fourth-order valence-corrected chi connectivity index (χ4v) is 2.34. The van der Waals surface area contributed by atoms with E-state index in [2.05, 4.69) is 15.4 Å². The highest BCUT2D eigenvalue weighted by atomic mass is 32.1. The second-order valence-electron chi connectivity index (χ2n) is 3.22. The van der Waals surface area contributed by atoms with Crippen molar-refractivity contribution in [2.75, 3.05) is 0 Å². The number of benzene rings is 1. The SMILES string of the molecule is Fc1cc2n[nH]nc2c(-c2cccs2)c1F. The third-order valence-corrected chi connectivity index (χ3v) is 3.16. The molecule has 0 fully saturated rings. The van der Waals surface area contributed by atoms with Gasteiger partial charge < -0.3 is 0 Å². The molecule has 1 aromatic carbocycles. The molecule has 0 saturated heterocycles. The molecule has 0 radical (unpaired) electrons. The number of hydrogen-bond donors (Lipinski definition) is 1. The lowest BCUT2D eigenvalue weighted by molar-refractivity contribution is 0.513. The molecule has 2 heterocycles. The second kappa shape index (κ2) is 3.34. The number of aromatic amines is 1. The molecule has 3 nitrogen and oxygen atoms in total. The van der Waals surface area contributed by atoms with Gasteiger partial charge in [0.05, 0.1) is 5.56 Å². The smallest absolute Gasteiger partial charge is 0.169 e. The van der Waals surface area contributed by atoms with Gasteiger partial charge in [-0.05, 0) is 11.4 Å². The Bertz CT molecular complexity index is 645. The Morgan fingerprint density at radius 1 is 1.25 bits per heavy atom. The first-order valence-electron chi connectivity index (χ1n) is 4.49. The van der Waals surface area contributed by atoms with Gasteiger partial charge in [0.1, 0.15) is 11.0 Å². The standard InChI is InChI=1S/C10H5F2N3S/c11-5-4-6-10(14-15-13-6)8(9(5)12)7-2-1-3-16-7/h1-4H,(H,13,14,15). The fourth-order valence-electron chi connectivity index (χ4n) is 1.58. The van der Waals surface area contributed by atoms with Gasteiger partial charge in [-0.25, -0.2) is 8.78 Å². The molecule has 0 unspecified atom stereocenters. The predicted molar refractivity (Wildman–Crippen MR) is 57.1 cm³/mol. The van der Waals surface area contributed by atoms with Crippen LogP contribution in [0.1, 0.15) is 0 Å². The minimum Gasteiger partial charge on any atom is -0.204 e. The van der Waals surface area contributed by atoms with E-state index >= 15 is 0 Å². The van der Waals surface area contributed by atoms with Crippen LogP contribution in [0.4, 0.5) is 8.78 Å². The van der Waals surface area contributed by atoms with E-state index in [9.17, 15) is 8.78 Å². The van der Waals surface area contributed by atoms with Gasteiger partial charge >= 0.3 is 0 Å². The average molecular weight is 237 g/mol. The van der Waals surface area contributed by atoms with Gasteiger partial charge in [-0.15, -0.1) is 11.3 Å². The first kappa shape index (κ1) is 9.41. The molecule has 0 aliphatic carbocycles. The van der Waals surface area contributed by atoms with Gasteiger partial charge in [0.15, 0.2) is 11.6 Å². The topological polar surface area (TPSA) is 41.6 Å². The van der Waals surface area contributed by atoms with Crippen molar-refractivity contribution in [2.45, 2.75) is 0 Å². The number of halogens is 2. The van der Waals surface area contributed by atoms with Crippen LogP contribution in [0.15, 0.2) is 23.6 Å². The quantitative estimate of drug-likeness (QED) is 0.707. The van der Waals surface area contributed by atoms with E-state index in [4.69, 9.17) is 0 Å². The van der Waals surface area contributed by atoms with Crippen LogP contribution in [0.3, 0.4) is 0 Å². The average Bonchev–Trinajstić information content (AvgIpc) is 2.89. The van der Waals surface area contributed by atoms with Gasteiger partial charge in [-0.1, -0.05) is 6.07 Å². The molecule has 80 valence electrons. The molecular formula is C10H5F2N3S. The molecule has 0 amide bonds. The molecule has 1 N–H and O–H groups in total. The van der Waals surface area contributed by atoms with Crippen LogP contribution in [-0.4, -0.2) is 15.4 Å². The molecule has 3 rings (SSSR count). The normalized spacial score (nSPS) is 11.1. The molecule has 0 bridgehead atoms. The first-order chi connectivity index (χ1) is 7.77. The summed E-state index contributed by atoms with van der Waals surface area (Å²) >= 11 is 1.33. The highest BCUT2D eigenvalue weighted by Crippen LogP contribution is 2.33. The predicted octanol–water partition coefficient (Wildman–Crippen LogP) is 2.96. The molecule has 2 aromatic heterocycles. The third kappa shape index (κ3) is 1.23. The van der Waals surface area contributed by atoms with E-state index in [-0.39, 0.29) is 5.56 Å². The summed E-state index contributed by atoms with van der Waals surface area (Å²) in [5.41, 5.74) is 0.836. The zero-order chi connectivity index (χ0) is 11.1. The van der Waals surface area contributed by atoms with Crippen molar-refractivity contribution in [3.63, 3.8) is 0 Å². The lowest BCUT2D eigenvalue weighted by Crippen LogP contribution is -1.90. The Hall–Kier alpha value is -1.82. The van der Waals surface area contributed by atoms with Crippen molar-refractivity contribution in [2.24, 2.45) is 0 Å². The van der Waals surface area contributed by atoms with Crippen molar-refractivity contribution in [3.05, 3.63) is 35.2 Å². The number of H-pyrrole nitrogens is 1. The Kier molecular flexibility index (Phi) is 1.97. The van der Waals surface area contributed by atoms with Gasteiger partial charge in [-0.2, -0.15) is 15.4 Å². The Balaban J connectivity index is 2.45. The maximum absolute atomic E-state index is 13.7.